The molecule has 1 aliphatic carbocycles. The number of rotatable bonds is 8. The van der Waals surface area contributed by atoms with Crippen molar-refractivity contribution in [2.75, 3.05) is 25.0 Å². The number of nitrogens with zero attached hydrogens (tertiary/aromatic N) is 5. The topological polar surface area (TPSA) is 151 Å². The Balaban J connectivity index is 0.912. The molecule has 0 bridgehead atoms. The first-order valence-corrected chi connectivity index (χ1v) is 20.7. The van der Waals surface area contributed by atoms with Crippen LogP contribution < -0.4 is 16.3 Å². The fourth-order valence-corrected chi connectivity index (χ4v) is 10.3. The second kappa shape index (κ2) is 15.6. The number of thiazole rings is 1. The molecule has 1 saturated carbocycles. The van der Waals surface area contributed by atoms with Gasteiger partial charge in [0, 0.05) is 62.0 Å². The van der Waals surface area contributed by atoms with Gasteiger partial charge in [0.15, 0.2) is 0 Å². The van der Waals surface area contributed by atoms with E-state index in [4.69, 9.17) is 4.98 Å². The molecular weight excluding hydrogens is 791 g/mol. The number of aliphatic hydroxyl groups is 1. The summed E-state index contributed by atoms with van der Waals surface area (Å²) < 4.78 is 59.7. The minimum absolute atomic E-state index is 0.138. The molecule has 1 unspecified atom stereocenters. The largest absolute Gasteiger partial charge is 0.417 e. The predicted molar refractivity (Wildman–Crippen MR) is 214 cm³/mol. The normalized spacial score (nSPS) is 23.5. The zero-order valence-electron chi connectivity index (χ0n) is 32.8. The van der Waals surface area contributed by atoms with Crippen LogP contribution in [0.1, 0.15) is 109 Å². The van der Waals surface area contributed by atoms with Gasteiger partial charge in [-0.25, -0.2) is 14.2 Å². The van der Waals surface area contributed by atoms with Crippen LogP contribution in [0.4, 0.5) is 23.2 Å². The van der Waals surface area contributed by atoms with E-state index in [0.29, 0.717) is 47.2 Å². The number of likely N-dealkylation sites (tertiary alicyclic amines) is 1. The summed E-state index contributed by atoms with van der Waals surface area (Å²) in [6, 6.07) is 8.79. The number of nitrogens with one attached hydrogen (secondary N) is 2. The van der Waals surface area contributed by atoms with Crippen LogP contribution in [0.3, 0.4) is 0 Å². The standard InChI is InChI=1S/C42H45F4N7O5S/c1-41(2,58)28-16-31-34(17-30(28)48-37(55)24-15-25(19-47-18-24)42(44,45)46)59-39(49-31)23-9-7-22(8-10-23)20-52-14-13-26(29(43)21-52)27-5-4-6-32-36(27)51(3)40(57)53(32)33-11-12-35(54)50-38(33)56/h4-6,15-19,22-23,26,29,33,58H,7-14,20-21H2,1-3H3,(H,48,55)(H,50,54,56)/t22?,23?,26-,29+,33?/m0/s1. The zero-order valence-corrected chi connectivity index (χ0v) is 33.6. The highest BCUT2D eigenvalue weighted by Gasteiger charge is 2.37. The molecule has 12 nitrogen and oxygen atoms in total. The van der Waals surface area contributed by atoms with E-state index in [0.717, 1.165) is 59.8 Å². The summed E-state index contributed by atoms with van der Waals surface area (Å²) >= 11 is 1.49. The number of pyridine rings is 1. The number of aryl methyl sites for hydroxylation is 1. The quantitative estimate of drug-likeness (QED) is 0.113. The van der Waals surface area contributed by atoms with E-state index in [9.17, 15) is 37.5 Å². The molecule has 3 aromatic heterocycles. The minimum Gasteiger partial charge on any atom is -0.386 e. The highest BCUT2D eigenvalue weighted by atomic mass is 32.1. The fourth-order valence-electron chi connectivity index (χ4n) is 9.13. The van der Waals surface area contributed by atoms with E-state index in [-0.39, 0.29) is 48.2 Å². The van der Waals surface area contributed by atoms with Gasteiger partial charge in [0.05, 0.1) is 43.0 Å². The van der Waals surface area contributed by atoms with Gasteiger partial charge in [0.2, 0.25) is 11.8 Å². The molecule has 0 spiro atoms. The van der Waals surface area contributed by atoms with Gasteiger partial charge in [-0.15, -0.1) is 11.3 Å². The average Bonchev–Trinajstić information content (AvgIpc) is 3.71. The number of benzene rings is 2. The summed E-state index contributed by atoms with van der Waals surface area (Å²) in [5, 5.41) is 16.9. The maximum Gasteiger partial charge on any atom is 0.417 e. The molecular formula is C42H45F4N7O5S. The number of hydrogen-bond acceptors (Lipinski definition) is 9. The predicted octanol–water partition coefficient (Wildman–Crippen LogP) is 6.92. The Hall–Kier alpha value is -5.00. The third-order valence-electron chi connectivity index (χ3n) is 12.2. The van der Waals surface area contributed by atoms with Gasteiger partial charge >= 0.3 is 11.9 Å². The summed E-state index contributed by atoms with van der Waals surface area (Å²) in [5.74, 6) is -1.50. The molecule has 3 amide bonds. The van der Waals surface area contributed by atoms with Crippen LogP contribution in [0.15, 0.2) is 53.6 Å². The molecule has 3 atom stereocenters. The monoisotopic (exact) mass is 835 g/mol. The third-order valence-corrected chi connectivity index (χ3v) is 13.4. The molecule has 2 saturated heterocycles. The van der Waals surface area contributed by atoms with Crippen molar-refractivity contribution in [3.8, 4) is 0 Å². The van der Waals surface area contributed by atoms with Crippen molar-refractivity contribution in [1.82, 2.24) is 29.3 Å². The Morgan fingerprint density at radius 2 is 1.80 bits per heavy atom. The van der Waals surface area contributed by atoms with Crippen molar-refractivity contribution < 1.29 is 37.1 Å². The van der Waals surface area contributed by atoms with Crippen LogP contribution in [-0.2, 0) is 28.4 Å². The van der Waals surface area contributed by atoms with Crippen LogP contribution in [0, 0.1) is 5.92 Å². The van der Waals surface area contributed by atoms with Gasteiger partial charge in [-0.05, 0) is 94.7 Å². The lowest BCUT2D eigenvalue weighted by Gasteiger charge is -2.38. The van der Waals surface area contributed by atoms with Gasteiger partial charge in [0.25, 0.3) is 5.91 Å². The van der Waals surface area contributed by atoms with E-state index in [1.54, 1.807) is 45.2 Å². The average molecular weight is 836 g/mol. The first kappa shape index (κ1) is 40.8. The smallest absolute Gasteiger partial charge is 0.386 e. The van der Waals surface area contributed by atoms with Crippen molar-refractivity contribution in [2.45, 2.75) is 94.6 Å². The second-order valence-electron chi connectivity index (χ2n) is 16.7. The highest BCUT2D eigenvalue weighted by molar-refractivity contribution is 7.18. The molecule has 3 fully saturated rings. The summed E-state index contributed by atoms with van der Waals surface area (Å²) in [4.78, 5) is 61.7. The maximum absolute atomic E-state index is 16.2. The number of halogens is 4. The number of amides is 3. The van der Waals surface area contributed by atoms with Crippen molar-refractivity contribution in [1.29, 1.82) is 0 Å². The Morgan fingerprint density at radius 1 is 1.03 bits per heavy atom. The lowest BCUT2D eigenvalue weighted by atomic mass is 9.81. The van der Waals surface area contributed by atoms with Crippen molar-refractivity contribution in [3.05, 3.63) is 86.5 Å². The summed E-state index contributed by atoms with van der Waals surface area (Å²) in [6.45, 7) is 4.87. The Bertz CT molecular complexity index is 2520. The minimum atomic E-state index is -4.66. The number of para-hydroxylation sites is 1. The molecule has 312 valence electrons. The van der Waals surface area contributed by atoms with Crippen LogP contribution >= 0.6 is 11.3 Å². The number of piperidine rings is 2. The first-order valence-electron chi connectivity index (χ1n) is 19.9. The zero-order chi connectivity index (χ0) is 42.0. The van der Waals surface area contributed by atoms with E-state index in [1.807, 2.05) is 6.07 Å². The summed E-state index contributed by atoms with van der Waals surface area (Å²) in [5.41, 5.74) is 0.140. The lowest BCUT2D eigenvalue weighted by Crippen LogP contribution is -2.44. The van der Waals surface area contributed by atoms with E-state index < -0.39 is 47.3 Å². The number of fused-ring (bicyclic) bond motifs is 2. The molecule has 2 aliphatic heterocycles. The van der Waals surface area contributed by atoms with Crippen molar-refractivity contribution in [2.24, 2.45) is 13.0 Å². The summed E-state index contributed by atoms with van der Waals surface area (Å²) in [7, 11) is 1.64. The van der Waals surface area contributed by atoms with Crippen LogP contribution in [0.2, 0.25) is 0 Å². The van der Waals surface area contributed by atoms with Gasteiger partial charge < -0.3 is 15.3 Å². The van der Waals surface area contributed by atoms with Crippen molar-refractivity contribution in [3.63, 3.8) is 0 Å². The molecule has 3 N–H and O–H groups in total. The number of imidazole rings is 1. The molecule has 17 heteroatoms. The number of hydrogen-bond donors (Lipinski definition) is 3. The number of carbonyl (C=O) groups is 3. The highest BCUT2D eigenvalue weighted by Crippen LogP contribution is 2.43. The first-order chi connectivity index (χ1) is 28.0. The third kappa shape index (κ3) is 8.03. The molecule has 3 aliphatic rings. The van der Waals surface area contributed by atoms with Gasteiger partial charge in [-0.2, -0.15) is 13.2 Å². The molecule has 59 heavy (non-hydrogen) atoms. The second-order valence-corrected chi connectivity index (χ2v) is 17.7. The lowest BCUT2D eigenvalue weighted by molar-refractivity contribution is -0.138. The van der Waals surface area contributed by atoms with Gasteiger partial charge in [-0.3, -0.25) is 33.8 Å². The van der Waals surface area contributed by atoms with E-state index in [2.05, 4.69) is 20.5 Å². The SMILES string of the molecule is Cn1c(=O)n(C2CCC(=O)NC2=O)c2cccc([C@@H]3CCN(CC4CCC(c5nc6cc(C(C)(C)O)c(NC(=O)c7cncc(C(F)(F)F)c7)cc6s5)CC4)C[C@H]3F)c21. The molecule has 5 aromatic rings. The number of alkyl halides is 4. The maximum atomic E-state index is 16.2. The van der Waals surface area contributed by atoms with E-state index >= 15 is 4.39 Å². The Labute approximate surface area is 340 Å². The van der Waals surface area contributed by atoms with Crippen molar-refractivity contribution >= 4 is 56.0 Å². The Kier molecular flexibility index (Phi) is 10.7. The molecule has 0 radical (unpaired) electrons. The summed E-state index contributed by atoms with van der Waals surface area (Å²) in [6.07, 6.45) is 0.498. The molecule has 2 aromatic carbocycles. The van der Waals surface area contributed by atoms with Crippen LogP contribution in [0.25, 0.3) is 21.3 Å². The number of carbonyl (C=O) groups excluding carboxylic acids is 3. The van der Waals surface area contributed by atoms with Crippen LogP contribution in [-0.4, -0.2) is 72.6 Å². The van der Waals surface area contributed by atoms with Gasteiger partial charge in [0.1, 0.15) is 12.2 Å². The number of anilines is 1. The number of imide groups is 1. The van der Waals surface area contributed by atoms with Gasteiger partial charge in [-0.1, -0.05) is 12.1 Å². The fraction of sp³-hybridized carbons (Fsp3) is 0.476. The molecule has 8 rings (SSSR count). The Morgan fingerprint density at radius 3 is 2.49 bits per heavy atom. The number of aromatic nitrogens is 4. The van der Waals surface area contributed by atoms with Crippen LogP contribution in [0.5, 0.6) is 0 Å². The van der Waals surface area contributed by atoms with E-state index in [1.165, 1.54) is 20.5 Å². The molecule has 5 heterocycles.